The normalized spacial score (nSPS) is 15.7. The van der Waals surface area contributed by atoms with E-state index in [9.17, 15) is 0 Å². The summed E-state index contributed by atoms with van der Waals surface area (Å²) in [5, 5.41) is 9.75. The molecule has 126 valence electrons. The molecule has 2 aromatic heterocycles. The molecule has 0 radical (unpaired) electrons. The summed E-state index contributed by atoms with van der Waals surface area (Å²) >= 11 is 1.80. The van der Waals surface area contributed by atoms with Gasteiger partial charge in [-0.1, -0.05) is 31.5 Å². The first kappa shape index (κ1) is 16.6. The van der Waals surface area contributed by atoms with Crippen LogP contribution >= 0.6 is 11.8 Å². The van der Waals surface area contributed by atoms with Crippen molar-refractivity contribution in [3.05, 3.63) is 23.0 Å². The summed E-state index contributed by atoms with van der Waals surface area (Å²) in [5.41, 5.74) is 2.48. The second-order valence-electron chi connectivity index (χ2n) is 6.48. The van der Waals surface area contributed by atoms with E-state index in [0.29, 0.717) is 6.04 Å². The Morgan fingerprint density at radius 2 is 1.87 bits per heavy atom. The van der Waals surface area contributed by atoms with Crippen molar-refractivity contribution in [2.45, 2.75) is 83.3 Å². The molecule has 1 aliphatic carbocycles. The molecule has 5 nitrogen and oxygen atoms in total. The lowest BCUT2D eigenvalue weighted by molar-refractivity contribution is 0.471. The highest BCUT2D eigenvalue weighted by Gasteiger charge is 2.23. The van der Waals surface area contributed by atoms with E-state index in [4.69, 9.17) is 4.98 Å². The molecule has 2 aromatic rings. The molecule has 0 N–H and O–H groups in total. The van der Waals surface area contributed by atoms with Gasteiger partial charge in [0.15, 0.2) is 5.16 Å². The maximum absolute atomic E-state index is 4.82. The van der Waals surface area contributed by atoms with Gasteiger partial charge >= 0.3 is 0 Å². The summed E-state index contributed by atoms with van der Waals surface area (Å²) in [6.07, 6.45) is 6.36. The third-order valence-electron chi connectivity index (χ3n) is 4.83. The van der Waals surface area contributed by atoms with Gasteiger partial charge in [0.2, 0.25) is 0 Å². The van der Waals surface area contributed by atoms with Crippen LogP contribution in [0.3, 0.4) is 0 Å². The lowest BCUT2D eigenvalue weighted by atomic mass is 10.2. The lowest BCUT2D eigenvalue weighted by Crippen LogP contribution is -2.09. The van der Waals surface area contributed by atoms with E-state index in [-0.39, 0.29) is 0 Å². The zero-order valence-electron chi connectivity index (χ0n) is 14.7. The highest BCUT2D eigenvalue weighted by Crippen LogP contribution is 2.36. The van der Waals surface area contributed by atoms with Crippen molar-refractivity contribution in [2.75, 3.05) is 0 Å². The molecule has 0 saturated heterocycles. The van der Waals surface area contributed by atoms with Crippen molar-refractivity contribution in [3.63, 3.8) is 0 Å². The average molecular weight is 334 g/mol. The Kier molecular flexibility index (Phi) is 5.09. The van der Waals surface area contributed by atoms with Crippen LogP contribution in [0, 0.1) is 20.8 Å². The van der Waals surface area contributed by atoms with Crippen molar-refractivity contribution in [1.29, 1.82) is 0 Å². The van der Waals surface area contributed by atoms with E-state index in [1.165, 1.54) is 31.4 Å². The van der Waals surface area contributed by atoms with Gasteiger partial charge in [-0.15, -0.1) is 10.2 Å². The van der Waals surface area contributed by atoms with Crippen LogP contribution in [0.2, 0.25) is 0 Å². The van der Waals surface area contributed by atoms with Crippen molar-refractivity contribution < 1.29 is 0 Å². The van der Waals surface area contributed by atoms with Crippen molar-refractivity contribution >= 4 is 11.8 Å². The minimum atomic E-state index is 0.633. The van der Waals surface area contributed by atoms with Gasteiger partial charge in [0.25, 0.3) is 0 Å². The molecule has 1 fully saturated rings. The third-order valence-corrected chi connectivity index (χ3v) is 5.78. The fourth-order valence-corrected chi connectivity index (χ4v) is 4.56. The number of imidazole rings is 1. The van der Waals surface area contributed by atoms with E-state index in [1.54, 1.807) is 11.8 Å². The number of nitrogens with zero attached hydrogens (tertiary/aromatic N) is 5. The van der Waals surface area contributed by atoms with Gasteiger partial charge in [0.1, 0.15) is 11.6 Å². The summed E-state index contributed by atoms with van der Waals surface area (Å²) in [7, 11) is 0. The Morgan fingerprint density at radius 1 is 1.13 bits per heavy atom. The standard InChI is InChI=1S/C17H27N5S/c1-5-10-21-14(4)19-20-16(21)11-23-17-18-12(2)13(3)22(17)15-8-6-7-9-15/h15H,5-11H2,1-4H3. The topological polar surface area (TPSA) is 48.5 Å². The largest absolute Gasteiger partial charge is 0.320 e. The van der Waals surface area contributed by atoms with Crippen LogP contribution < -0.4 is 0 Å². The maximum atomic E-state index is 4.82. The van der Waals surface area contributed by atoms with Gasteiger partial charge in [-0.05, 0) is 40.0 Å². The van der Waals surface area contributed by atoms with E-state index in [0.717, 1.165) is 41.2 Å². The van der Waals surface area contributed by atoms with Crippen LogP contribution in [0.5, 0.6) is 0 Å². The summed E-state index contributed by atoms with van der Waals surface area (Å²) in [6, 6.07) is 0.633. The second-order valence-corrected chi connectivity index (χ2v) is 7.42. The third kappa shape index (κ3) is 3.32. The summed E-state index contributed by atoms with van der Waals surface area (Å²) in [5.74, 6) is 2.91. The number of hydrogen-bond acceptors (Lipinski definition) is 4. The van der Waals surface area contributed by atoms with E-state index in [1.807, 2.05) is 6.92 Å². The molecule has 23 heavy (non-hydrogen) atoms. The van der Waals surface area contributed by atoms with Crippen molar-refractivity contribution in [1.82, 2.24) is 24.3 Å². The highest BCUT2D eigenvalue weighted by molar-refractivity contribution is 7.98. The molecule has 6 heteroatoms. The first-order valence-corrected chi connectivity index (χ1v) is 9.67. The molecule has 0 amide bonds. The van der Waals surface area contributed by atoms with Crippen molar-refractivity contribution in [2.24, 2.45) is 0 Å². The van der Waals surface area contributed by atoms with Crippen LogP contribution in [0.1, 0.15) is 68.1 Å². The lowest BCUT2D eigenvalue weighted by Gasteiger charge is -2.17. The van der Waals surface area contributed by atoms with Gasteiger partial charge in [-0.2, -0.15) is 0 Å². The monoisotopic (exact) mass is 333 g/mol. The van der Waals surface area contributed by atoms with Crippen molar-refractivity contribution in [3.8, 4) is 0 Å². The minimum Gasteiger partial charge on any atom is -0.320 e. The number of rotatable bonds is 6. The molecule has 2 heterocycles. The molecule has 0 aliphatic heterocycles. The quantitative estimate of drug-likeness (QED) is 0.743. The Labute approximate surface area is 142 Å². The number of hydrogen-bond donors (Lipinski definition) is 0. The Balaban J connectivity index is 1.79. The zero-order chi connectivity index (χ0) is 16.4. The van der Waals surface area contributed by atoms with E-state index >= 15 is 0 Å². The van der Waals surface area contributed by atoms with Crippen LogP contribution in [0.4, 0.5) is 0 Å². The smallest absolute Gasteiger partial charge is 0.169 e. The Morgan fingerprint density at radius 3 is 2.57 bits per heavy atom. The van der Waals surface area contributed by atoms with Gasteiger partial charge in [-0.25, -0.2) is 4.98 Å². The zero-order valence-corrected chi connectivity index (χ0v) is 15.5. The van der Waals surface area contributed by atoms with E-state index < -0.39 is 0 Å². The van der Waals surface area contributed by atoms with Gasteiger partial charge in [-0.3, -0.25) is 0 Å². The number of aryl methyl sites for hydroxylation is 2. The first-order chi connectivity index (χ1) is 11.1. The molecule has 0 atom stereocenters. The fraction of sp³-hybridized carbons (Fsp3) is 0.706. The molecule has 0 spiro atoms. The second kappa shape index (κ2) is 7.07. The van der Waals surface area contributed by atoms with Crippen LogP contribution in [-0.4, -0.2) is 24.3 Å². The first-order valence-electron chi connectivity index (χ1n) is 8.68. The molecule has 3 rings (SSSR count). The van der Waals surface area contributed by atoms with Gasteiger partial charge in [0, 0.05) is 18.3 Å². The fourth-order valence-electron chi connectivity index (χ4n) is 3.47. The highest BCUT2D eigenvalue weighted by atomic mass is 32.2. The molecule has 0 unspecified atom stereocenters. The molecular formula is C17H27N5S. The summed E-state index contributed by atoms with van der Waals surface area (Å²) in [4.78, 5) is 4.82. The molecule has 0 aromatic carbocycles. The van der Waals surface area contributed by atoms with Crippen LogP contribution in [0.15, 0.2) is 5.16 Å². The van der Waals surface area contributed by atoms with E-state index in [2.05, 4.69) is 40.1 Å². The van der Waals surface area contributed by atoms with Gasteiger partial charge in [0.05, 0.1) is 11.4 Å². The van der Waals surface area contributed by atoms with Crippen LogP contribution in [-0.2, 0) is 12.3 Å². The average Bonchev–Trinajstić information content (AvgIpc) is 3.22. The summed E-state index contributed by atoms with van der Waals surface area (Å²) < 4.78 is 4.70. The predicted octanol–water partition coefficient (Wildman–Crippen LogP) is 4.22. The predicted molar refractivity (Wildman–Crippen MR) is 93.8 cm³/mol. The minimum absolute atomic E-state index is 0.633. The summed E-state index contributed by atoms with van der Waals surface area (Å²) in [6.45, 7) is 9.54. The number of thioether (sulfide) groups is 1. The van der Waals surface area contributed by atoms with Crippen LogP contribution in [0.25, 0.3) is 0 Å². The molecular weight excluding hydrogens is 306 g/mol. The molecule has 1 aliphatic rings. The van der Waals surface area contributed by atoms with Gasteiger partial charge < -0.3 is 9.13 Å². The number of aromatic nitrogens is 5. The Bertz CT molecular complexity index is 667. The Hall–Kier alpha value is -1.30. The molecule has 1 saturated carbocycles. The SMILES string of the molecule is CCCn1c(C)nnc1CSc1nc(C)c(C)n1C1CCCC1. The maximum Gasteiger partial charge on any atom is 0.169 e. The molecule has 0 bridgehead atoms.